The van der Waals surface area contributed by atoms with E-state index in [2.05, 4.69) is 10.1 Å². The number of alkyl halides is 3. The second-order valence-electron chi connectivity index (χ2n) is 12.8. The van der Waals surface area contributed by atoms with Gasteiger partial charge in [0.2, 0.25) is 5.54 Å². The predicted molar refractivity (Wildman–Crippen MR) is 182 cm³/mol. The fraction of sp³-hybridized carbons (Fsp3) is 0.412. The van der Waals surface area contributed by atoms with Crippen molar-refractivity contribution in [3.63, 3.8) is 0 Å². The van der Waals surface area contributed by atoms with E-state index in [9.17, 15) is 31.5 Å². The van der Waals surface area contributed by atoms with Crippen LogP contribution in [0, 0.1) is 0 Å². The number of aliphatic hydroxyl groups excluding tert-OH is 1. The van der Waals surface area contributed by atoms with Crippen molar-refractivity contribution in [1.29, 1.82) is 0 Å². The molecule has 2 unspecified atom stereocenters. The molecule has 18 heteroatoms. The molecule has 2 N–H and O–H groups in total. The first kappa shape index (κ1) is 37.5. The highest BCUT2D eigenvalue weighted by atomic mass is 35.5. The normalized spacial score (nSPS) is 24.8. The first-order valence-corrected chi connectivity index (χ1v) is 17.9. The Morgan fingerprint density at radius 1 is 1.04 bits per heavy atom. The van der Waals surface area contributed by atoms with Crippen molar-refractivity contribution in [3.05, 3.63) is 70.7 Å². The lowest BCUT2D eigenvalue weighted by Gasteiger charge is -2.49. The lowest BCUT2D eigenvalue weighted by Crippen LogP contribution is -2.69. The number of anilines is 2. The quantitative estimate of drug-likeness (QED) is 0.311. The highest BCUT2D eigenvalue weighted by Crippen LogP contribution is 2.58. The third-order valence-electron chi connectivity index (χ3n) is 9.99. The number of ether oxygens (including phenoxy) is 4. The minimum Gasteiger partial charge on any atom is -0.497 e. The molecule has 2 amide bonds. The maximum absolute atomic E-state index is 15.7. The molecule has 0 radical (unpaired) electrons. The summed E-state index contributed by atoms with van der Waals surface area (Å²) >= 11 is 6.60. The summed E-state index contributed by atoms with van der Waals surface area (Å²) in [6.45, 7) is 1.58. The third-order valence-corrected chi connectivity index (χ3v) is 12.0. The van der Waals surface area contributed by atoms with E-state index in [1.807, 2.05) is 4.90 Å². The largest absolute Gasteiger partial charge is 0.573 e. The minimum absolute atomic E-state index is 0.0170. The number of hydrogen-bond acceptors (Lipinski definition) is 10. The average molecular weight is 770 g/mol. The number of carbonyl (C=O) groups excluding carboxylic acids is 2. The van der Waals surface area contributed by atoms with Gasteiger partial charge in [-0.25, -0.2) is 8.42 Å². The highest BCUT2D eigenvalue weighted by molar-refractivity contribution is 7.93. The summed E-state index contributed by atoms with van der Waals surface area (Å²) in [6.07, 6.45) is -6.56. The molecule has 4 atom stereocenters. The Kier molecular flexibility index (Phi) is 9.80. The van der Waals surface area contributed by atoms with Crippen LogP contribution in [0.3, 0.4) is 0 Å². The number of fused-ring (bicyclic) bond motifs is 1. The Hall–Kier alpha value is -4.29. The van der Waals surface area contributed by atoms with Crippen molar-refractivity contribution in [1.82, 2.24) is 5.32 Å². The molecule has 0 aliphatic carbocycles. The Bertz CT molecular complexity index is 2010. The minimum atomic E-state index is -5.32. The maximum Gasteiger partial charge on any atom is 0.573 e. The number of halogens is 4. The molecule has 2 saturated heterocycles. The van der Waals surface area contributed by atoms with E-state index in [0.29, 0.717) is 36.3 Å². The van der Waals surface area contributed by atoms with Crippen LogP contribution < -0.4 is 28.7 Å². The molecule has 3 aliphatic rings. The molecule has 0 saturated carbocycles. The molecule has 6 rings (SSSR count). The van der Waals surface area contributed by atoms with Gasteiger partial charge in [-0.1, -0.05) is 11.6 Å². The van der Waals surface area contributed by atoms with Crippen molar-refractivity contribution in [2.24, 2.45) is 0 Å². The number of morpholine rings is 1. The smallest absolute Gasteiger partial charge is 0.497 e. The van der Waals surface area contributed by atoms with Crippen LogP contribution in [0.1, 0.15) is 17.5 Å². The zero-order valence-corrected chi connectivity index (χ0v) is 30.1. The summed E-state index contributed by atoms with van der Waals surface area (Å²) in [5, 5.41) is 13.9. The maximum atomic E-state index is 15.7. The van der Waals surface area contributed by atoms with Gasteiger partial charge in [0, 0.05) is 43.3 Å². The molecular weight excluding hydrogens is 733 g/mol. The molecule has 13 nitrogen and oxygen atoms in total. The molecule has 0 aromatic heterocycles. The predicted octanol–water partition coefficient (Wildman–Crippen LogP) is 3.40. The number of amides is 2. The molecule has 2 fully saturated rings. The van der Waals surface area contributed by atoms with Gasteiger partial charge in [-0.2, -0.15) is 4.31 Å². The van der Waals surface area contributed by atoms with Gasteiger partial charge in [0.25, 0.3) is 15.9 Å². The van der Waals surface area contributed by atoms with Crippen LogP contribution in [0.15, 0.2) is 59.5 Å². The number of sulfonamides is 1. The van der Waals surface area contributed by atoms with E-state index in [-0.39, 0.29) is 46.3 Å². The van der Waals surface area contributed by atoms with Crippen molar-refractivity contribution in [2.75, 3.05) is 70.4 Å². The van der Waals surface area contributed by atoms with Crippen LogP contribution in [0.2, 0.25) is 5.02 Å². The van der Waals surface area contributed by atoms with E-state index < -0.39 is 61.0 Å². The van der Waals surface area contributed by atoms with E-state index >= 15 is 4.79 Å². The molecule has 3 aromatic carbocycles. The van der Waals surface area contributed by atoms with Gasteiger partial charge in [-0.05, 0) is 48.5 Å². The van der Waals surface area contributed by atoms with Gasteiger partial charge in [0.05, 0.1) is 51.3 Å². The fourth-order valence-electron chi connectivity index (χ4n) is 7.78. The Morgan fingerprint density at radius 3 is 2.38 bits per heavy atom. The summed E-state index contributed by atoms with van der Waals surface area (Å²) in [5.74, 6) is -2.84. The lowest BCUT2D eigenvalue weighted by atomic mass is 9.78. The number of nitrogens with zero attached hydrogens (tertiary/aromatic N) is 3. The van der Waals surface area contributed by atoms with Crippen LogP contribution in [0.4, 0.5) is 24.5 Å². The second-order valence-corrected chi connectivity index (χ2v) is 15.0. The van der Waals surface area contributed by atoms with Gasteiger partial charge in [-0.15, -0.1) is 13.2 Å². The number of methoxy groups -OCH3 is 2. The Labute approximate surface area is 303 Å². The van der Waals surface area contributed by atoms with Gasteiger partial charge < -0.3 is 34.3 Å². The molecule has 280 valence electrons. The number of carbonyl (C=O) groups is 2. The Balaban J connectivity index is 1.71. The van der Waals surface area contributed by atoms with E-state index in [4.69, 9.17) is 25.8 Å². The number of quaternary nitrogens is 1. The van der Waals surface area contributed by atoms with Crippen LogP contribution >= 0.6 is 11.6 Å². The van der Waals surface area contributed by atoms with Crippen LogP contribution in [0.5, 0.6) is 17.2 Å². The summed E-state index contributed by atoms with van der Waals surface area (Å²) in [6, 6.07) is 10.6. The van der Waals surface area contributed by atoms with Crippen molar-refractivity contribution in [2.45, 2.75) is 35.4 Å². The molecule has 0 bridgehead atoms. The van der Waals surface area contributed by atoms with Crippen molar-refractivity contribution in [3.8, 4) is 17.2 Å². The van der Waals surface area contributed by atoms with E-state index in [1.165, 1.54) is 39.5 Å². The molecule has 0 spiro atoms. The number of aliphatic hydroxyl groups is 1. The van der Waals surface area contributed by atoms with Gasteiger partial charge >= 0.3 is 12.3 Å². The van der Waals surface area contributed by atoms with E-state index in [1.54, 1.807) is 25.2 Å². The number of benzene rings is 3. The standard InChI is InChI=1S/C34H36ClF3N4O9S/c1-39-31(44)27-17-22(43)19-42(27,2)33(25-16-21(6-9-28(25)49-4)40-11-13-50-14-12-40)24-15-20(35)5-8-26(24)41(32(33)45)52(46,47)30-10-7-23(48-3)18-29(30)51-34(36,37)38/h5-10,15-16,18,22,27,43H,11-14,17,19H2,1-4H3/p+1/t22-,27+,33?,42?/m1/s1. The summed E-state index contributed by atoms with van der Waals surface area (Å²) in [7, 11) is 0.226. The molecule has 52 heavy (non-hydrogen) atoms. The number of rotatable bonds is 9. The van der Waals surface area contributed by atoms with Crippen LogP contribution in [0.25, 0.3) is 0 Å². The van der Waals surface area contributed by atoms with Crippen molar-refractivity contribution >= 4 is 44.8 Å². The topological polar surface area (TPSA) is 144 Å². The number of nitrogens with one attached hydrogen (secondary N) is 1. The first-order valence-electron chi connectivity index (χ1n) is 16.1. The number of likely N-dealkylation sites (tertiary alicyclic amines) is 1. The molecular formula is C34H37ClF3N4O9S+. The average Bonchev–Trinajstić information content (AvgIpc) is 3.57. The van der Waals surface area contributed by atoms with Crippen LogP contribution in [-0.2, 0) is 29.9 Å². The summed E-state index contributed by atoms with van der Waals surface area (Å²) in [4.78, 5) is 30.5. The Morgan fingerprint density at radius 2 is 1.75 bits per heavy atom. The van der Waals surface area contributed by atoms with E-state index in [0.717, 1.165) is 18.2 Å². The molecule has 3 aliphatic heterocycles. The lowest BCUT2D eigenvalue weighted by molar-refractivity contribution is -0.953. The fourth-order valence-corrected chi connectivity index (χ4v) is 9.51. The second kappa shape index (κ2) is 13.6. The highest BCUT2D eigenvalue weighted by Gasteiger charge is 2.72. The zero-order valence-electron chi connectivity index (χ0n) is 28.6. The summed E-state index contributed by atoms with van der Waals surface area (Å²) < 4.78 is 91.2. The first-order chi connectivity index (χ1) is 24.5. The SMILES string of the molecule is CNC(=O)[C@@H]1C[C@@H](O)C[N+]1(C)C1(c2cc(N3CCOCC3)ccc2OC)C(=O)N(S(=O)(=O)c2ccc(OC)cc2OC(F)(F)F)c2ccc(Cl)cc21. The summed E-state index contributed by atoms with van der Waals surface area (Å²) in [5.41, 5.74) is -1.67. The van der Waals surface area contributed by atoms with Gasteiger partial charge in [0.1, 0.15) is 29.0 Å². The van der Waals surface area contributed by atoms with Gasteiger partial charge in [0.15, 0.2) is 11.8 Å². The van der Waals surface area contributed by atoms with Gasteiger partial charge in [-0.3, -0.25) is 14.1 Å². The monoisotopic (exact) mass is 769 g/mol. The number of hydrogen-bond donors (Lipinski definition) is 2. The molecule has 3 heterocycles. The zero-order chi connectivity index (χ0) is 37.8. The third kappa shape index (κ3) is 5.97. The number of likely N-dealkylation sites (N-methyl/N-ethyl adjacent to an activating group) is 2. The van der Waals surface area contributed by atoms with Crippen molar-refractivity contribution < 1.29 is 59.7 Å². The molecule has 3 aromatic rings. The van der Waals surface area contributed by atoms with Crippen LogP contribution in [-0.4, -0.2) is 109 Å².